The molecule has 0 bridgehead atoms. The Kier molecular flexibility index (Phi) is 10.8. The molecular weight excluding hydrogens is 278 g/mol. The minimum absolute atomic E-state index is 0. The third-order valence-corrected chi connectivity index (χ3v) is 4.92. The van der Waals surface area contributed by atoms with Gasteiger partial charge in [-0.1, -0.05) is 82.7 Å². The molecule has 0 aliphatic carbocycles. The van der Waals surface area contributed by atoms with Crippen LogP contribution in [0.4, 0.5) is 0 Å². The van der Waals surface area contributed by atoms with E-state index in [-0.39, 0.29) is 11.0 Å². The fourth-order valence-corrected chi connectivity index (χ4v) is 2.96. The molecule has 122 valence electrons. The average Bonchev–Trinajstić information content (AvgIpc) is 2.43. The fourth-order valence-electron chi connectivity index (χ4n) is 2.70. The van der Waals surface area contributed by atoms with Crippen molar-refractivity contribution in [3.63, 3.8) is 0 Å². The van der Waals surface area contributed by atoms with Crippen LogP contribution < -0.4 is 6.15 Å². The van der Waals surface area contributed by atoms with Gasteiger partial charge < -0.3 is 6.15 Å². The summed E-state index contributed by atoms with van der Waals surface area (Å²) in [5.74, 6) is 0.565. The Morgan fingerprint density at radius 2 is 1.57 bits per heavy atom. The van der Waals surface area contributed by atoms with Gasteiger partial charge in [0.05, 0.1) is 0 Å². The minimum atomic E-state index is -0.120. The first kappa shape index (κ1) is 20.5. The van der Waals surface area contributed by atoms with Crippen molar-refractivity contribution in [3.05, 3.63) is 35.9 Å². The number of hydrogen-bond acceptors (Lipinski definition) is 1. The summed E-state index contributed by atoms with van der Waals surface area (Å²) in [4.78, 5) is -0.120. The maximum absolute atomic E-state index is 6.78. The Labute approximate surface area is 137 Å². The molecule has 1 nitrogen and oxygen atoms in total. The van der Waals surface area contributed by atoms with E-state index in [4.69, 9.17) is 11.6 Å². The molecule has 2 heteroatoms. The van der Waals surface area contributed by atoms with Gasteiger partial charge in [-0.2, -0.15) is 0 Å². The molecule has 0 aliphatic rings. The molecule has 2 unspecified atom stereocenters. The number of rotatable bonds is 10. The second kappa shape index (κ2) is 11.1. The predicted octanol–water partition coefficient (Wildman–Crippen LogP) is 6.78. The molecule has 0 spiro atoms. The second-order valence-electron chi connectivity index (χ2n) is 6.40. The van der Waals surface area contributed by atoms with E-state index in [1.54, 1.807) is 0 Å². The first-order valence-corrected chi connectivity index (χ1v) is 8.67. The first-order valence-electron chi connectivity index (χ1n) is 8.29. The van der Waals surface area contributed by atoms with Crippen LogP contribution in [0.5, 0.6) is 0 Å². The number of alkyl halides is 1. The lowest BCUT2D eigenvalue weighted by Crippen LogP contribution is -2.29. The lowest BCUT2D eigenvalue weighted by molar-refractivity contribution is 0.377. The van der Waals surface area contributed by atoms with Crippen LogP contribution in [0, 0.1) is 5.92 Å². The Bertz CT molecular complexity index is 348. The number of halogens is 1. The molecule has 2 atom stereocenters. The van der Waals surface area contributed by atoms with Gasteiger partial charge in [0.2, 0.25) is 0 Å². The number of unbranched alkanes of at least 4 members (excludes halogenated alkanes) is 5. The summed E-state index contributed by atoms with van der Waals surface area (Å²) in [7, 11) is 0. The zero-order valence-corrected chi connectivity index (χ0v) is 15.0. The smallest absolute Gasteiger partial charge is 0.0484 e. The molecule has 0 saturated heterocycles. The van der Waals surface area contributed by atoms with Crippen LogP contribution in [0.2, 0.25) is 0 Å². The van der Waals surface area contributed by atoms with E-state index in [0.29, 0.717) is 5.92 Å². The van der Waals surface area contributed by atoms with Crippen LogP contribution in [0.15, 0.2) is 30.3 Å². The molecule has 0 amide bonds. The van der Waals surface area contributed by atoms with Crippen molar-refractivity contribution in [2.24, 2.45) is 5.92 Å². The second-order valence-corrected chi connectivity index (χ2v) is 7.26. The Morgan fingerprint density at radius 3 is 2.19 bits per heavy atom. The summed E-state index contributed by atoms with van der Waals surface area (Å²) in [5, 5.41) is 0. The molecule has 1 aromatic carbocycles. The van der Waals surface area contributed by atoms with Gasteiger partial charge in [-0.05, 0) is 31.2 Å². The molecule has 0 radical (unpaired) electrons. The highest BCUT2D eigenvalue weighted by atomic mass is 35.5. The molecule has 1 rings (SSSR count). The SMILES string of the molecule is CCCCCCCCC(C)C(C)(Cl)Cc1ccccc1.N. The Hall–Kier alpha value is -0.530. The van der Waals surface area contributed by atoms with Gasteiger partial charge in [-0.25, -0.2) is 0 Å². The van der Waals surface area contributed by atoms with E-state index >= 15 is 0 Å². The fraction of sp³-hybridized carbons (Fsp3) is 0.684. The van der Waals surface area contributed by atoms with Crippen molar-refractivity contribution in [2.45, 2.75) is 77.0 Å². The van der Waals surface area contributed by atoms with E-state index in [2.05, 4.69) is 51.1 Å². The normalized spacial score (nSPS) is 15.0. The largest absolute Gasteiger partial charge is 0.344 e. The zero-order chi connectivity index (χ0) is 14.8. The molecule has 0 aliphatic heterocycles. The monoisotopic (exact) mass is 311 g/mol. The maximum atomic E-state index is 6.78. The molecule has 1 aromatic rings. The summed E-state index contributed by atoms with van der Waals surface area (Å²) < 4.78 is 0. The van der Waals surface area contributed by atoms with E-state index in [9.17, 15) is 0 Å². The quantitative estimate of drug-likeness (QED) is 0.375. The summed E-state index contributed by atoms with van der Waals surface area (Å²) in [6.07, 6.45) is 10.4. The topological polar surface area (TPSA) is 35.0 Å². The van der Waals surface area contributed by atoms with Crippen LogP contribution >= 0.6 is 11.6 Å². The van der Waals surface area contributed by atoms with Gasteiger partial charge in [-0.3, -0.25) is 0 Å². The average molecular weight is 312 g/mol. The third-order valence-electron chi connectivity index (χ3n) is 4.41. The van der Waals surface area contributed by atoms with Crippen molar-refractivity contribution < 1.29 is 0 Å². The molecular formula is C19H34ClN. The maximum Gasteiger partial charge on any atom is 0.0484 e. The molecule has 0 heterocycles. The summed E-state index contributed by atoms with van der Waals surface area (Å²) in [6, 6.07) is 10.6. The van der Waals surface area contributed by atoms with Gasteiger partial charge in [0.15, 0.2) is 0 Å². The summed E-state index contributed by atoms with van der Waals surface area (Å²) >= 11 is 6.78. The minimum Gasteiger partial charge on any atom is -0.344 e. The van der Waals surface area contributed by atoms with Gasteiger partial charge in [0.25, 0.3) is 0 Å². The number of benzene rings is 1. The van der Waals surface area contributed by atoms with Crippen LogP contribution in [0.1, 0.15) is 71.3 Å². The van der Waals surface area contributed by atoms with E-state index in [0.717, 1.165) is 6.42 Å². The van der Waals surface area contributed by atoms with E-state index < -0.39 is 0 Å². The van der Waals surface area contributed by atoms with E-state index in [1.807, 2.05) is 0 Å². The molecule has 0 aromatic heterocycles. The van der Waals surface area contributed by atoms with Gasteiger partial charge in [0.1, 0.15) is 0 Å². The van der Waals surface area contributed by atoms with Crippen LogP contribution in [0.3, 0.4) is 0 Å². The van der Waals surface area contributed by atoms with Crippen molar-refractivity contribution in [1.82, 2.24) is 6.15 Å². The lowest BCUT2D eigenvalue weighted by Gasteiger charge is -2.29. The van der Waals surface area contributed by atoms with Gasteiger partial charge in [-0.15, -0.1) is 11.6 Å². The predicted molar refractivity (Wildman–Crippen MR) is 96.6 cm³/mol. The lowest BCUT2D eigenvalue weighted by atomic mass is 9.85. The highest BCUT2D eigenvalue weighted by Crippen LogP contribution is 2.32. The molecule has 21 heavy (non-hydrogen) atoms. The molecule has 0 saturated carbocycles. The van der Waals surface area contributed by atoms with E-state index in [1.165, 1.54) is 50.5 Å². The van der Waals surface area contributed by atoms with Crippen molar-refractivity contribution in [2.75, 3.05) is 0 Å². The third kappa shape index (κ3) is 8.48. The van der Waals surface area contributed by atoms with Crippen LogP contribution in [-0.4, -0.2) is 4.87 Å². The Morgan fingerprint density at radius 1 is 1.00 bits per heavy atom. The molecule has 3 N–H and O–H groups in total. The number of hydrogen-bond donors (Lipinski definition) is 1. The van der Waals surface area contributed by atoms with Crippen LogP contribution in [0.25, 0.3) is 0 Å². The summed E-state index contributed by atoms with van der Waals surface area (Å²) in [6.45, 7) is 6.77. The van der Waals surface area contributed by atoms with Gasteiger partial charge >= 0.3 is 0 Å². The van der Waals surface area contributed by atoms with Gasteiger partial charge in [0, 0.05) is 4.87 Å². The van der Waals surface area contributed by atoms with Crippen molar-refractivity contribution >= 4 is 11.6 Å². The van der Waals surface area contributed by atoms with Crippen LogP contribution in [-0.2, 0) is 6.42 Å². The molecule has 0 fully saturated rings. The zero-order valence-electron chi connectivity index (χ0n) is 14.2. The Balaban J connectivity index is 0.00000400. The summed E-state index contributed by atoms with van der Waals surface area (Å²) in [5.41, 5.74) is 1.35. The standard InChI is InChI=1S/C19H31Cl.H3N/c1-4-5-6-7-8-10-13-17(2)19(3,20)16-18-14-11-9-12-15-18;/h9,11-12,14-15,17H,4-8,10,13,16H2,1-3H3;1H3. The van der Waals surface area contributed by atoms with Crippen molar-refractivity contribution in [1.29, 1.82) is 0 Å². The van der Waals surface area contributed by atoms with Crippen molar-refractivity contribution in [3.8, 4) is 0 Å². The first-order chi connectivity index (χ1) is 9.56. The highest BCUT2D eigenvalue weighted by Gasteiger charge is 2.28. The highest BCUT2D eigenvalue weighted by molar-refractivity contribution is 6.24.